The molecule has 1 amide bonds. The lowest BCUT2D eigenvalue weighted by atomic mass is 10.1. The van der Waals surface area contributed by atoms with Crippen molar-refractivity contribution in [2.45, 2.75) is 26.0 Å². The molecular weight excluding hydrogens is 347 g/mol. The molecule has 0 heterocycles. The summed E-state index contributed by atoms with van der Waals surface area (Å²) < 4.78 is 5.78. The van der Waals surface area contributed by atoms with E-state index in [0.717, 1.165) is 12.0 Å². The number of amides is 1. The van der Waals surface area contributed by atoms with Gasteiger partial charge in [-0.25, -0.2) is 0 Å². The zero-order valence-corrected chi connectivity index (χ0v) is 15.1. The highest BCUT2D eigenvalue weighted by Gasteiger charge is 2.12. The molecule has 0 bridgehead atoms. The summed E-state index contributed by atoms with van der Waals surface area (Å²) in [6, 6.07) is 14.7. The van der Waals surface area contributed by atoms with Crippen LogP contribution in [-0.2, 0) is 6.61 Å². The van der Waals surface area contributed by atoms with Crippen LogP contribution < -0.4 is 15.8 Å². The van der Waals surface area contributed by atoms with Gasteiger partial charge in [0.1, 0.15) is 12.4 Å². The lowest BCUT2D eigenvalue weighted by Crippen LogP contribution is -2.29. The topological polar surface area (TPSA) is 64.3 Å². The van der Waals surface area contributed by atoms with Crippen LogP contribution in [0.5, 0.6) is 5.75 Å². The molecule has 2 aromatic carbocycles. The van der Waals surface area contributed by atoms with E-state index in [-0.39, 0.29) is 24.4 Å². The fourth-order valence-corrected chi connectivity index (χ4v) is 2.25. The third-order valence-corrected chi connectivity index (χ3v) is 3.73. The molecule has 1 atom stereocenters. The fraction of sp³-hybridized carbons (Fsp3) is 0.278. The Labute approximate surface area is 153 Å². The van der Waals surface area contributed by atoms with Gasteiger partial charge in [0, 0.05) is 23.2 Å². The van der Waals surface area contributed by atoms with Crippen molar-refractivity contribution in [2.24, 2.45) is 5.73 Å². The first-order valence-corrected chi connectivity index (χ1v) is 7.94. The van der Waals surface area contributed by atoms with E-state index >= 15 is 0 Å². The van der Waals surface area contributed by atoms with Crippen LogP contribution in [0.4, 0.5) is 0 Å². The van der Waals surface area contributed by atoms with Gasteiger partial charge in [-0.3, -0.25) is 4.79 Å². The molecule has 0 fully saturated rings. The number of hydrogen-bond acceptors (Lipinski definition) is 3. The molecule has 24 heavy (non-hydrogen) atoms. The summed E-state index contributed by atoms with van der Waals surface area (Å²) in [4.78, 5) is 12.3. The Morgan fingerprint density at radius 2 is 1.88 bits per heavy atom. The number of carbonyl (C=O) groups excluding carboxylic acids is 1. The first kappa shape index (κ1) is 20.3. The van der Waals surface area contributed by atoms with Crippen molar-refractivity contribution in [3.8, 4) is 5.75 Å². The van der Waals surface area contributed by atoms with Gasteiger partial charge in [-0.1, -0.05) is 41.9 Å². The minimum absolute atomic E-state index is 0. The first-order valence-electron chi connectivity index (χ1n) is 7.57. The van der Waals surface area contributed by atoms with E-state index in [1.165, 1.54) is 0 Å². The average Bonchev–Trinajstić information content (AvgIpc) is 2.54. The Kier molecular flexibility index (Phi) is 8.61. The molecule has 0 spiro atoms. The molecule has 130 valence electrons. The van der Waals surface area contributed by atoms with E-state index in [4.69, 9.17) is 22.1 Å². The molecule has 0 aliphatic rings. The predicted molar refractivity (Wildman–Crippen MR) is 100 cm³/mol. The number of nitrogens with two attached hydrogens (primary N) is 1. The number of nitrogens with one attached hydrogen (secondary N) is 1. The Morgan fingerprint density at radius 1 is 1.21 bits per heavy atom. The molecule has 2 rings (SSSR count). The minimum atomic E-state index is -0.166. The molecule has 3 N–H and O–H groups in total. The van der Waals surface area contributed by atoms with Crippen LogP contribution in [0.1, 0.15) is 29.3 Å². The van der Waals surface area contributed by atoms with Gasteiger partial charge in [0.2, 0.25) is 0 Å². The van der Waals surface area contributed by atoms with Gasteiger partial charge in [-0.15, -0.1) is 12.4 Å². The Morgan fingerprint density at radius 3 is 2.58 bits per heavy atom. The smallest absolute Gasteiger partial charge is 0.255 e. The number of hydrogen-bond donors (Lipinski definition) is 2. The highest BCUT2D eigenvalue weighted by atomic mass is 35.5. The summed E-state index contributed by atoms with van der Waals surface area (Å²) in [7, 11) is 0. The number of carbonyl (C=O) groups is 1. The van der Waals surface area contributed by atoms with Crippen LogP contribution in [0.3, 0.4) is 0 Å². The molecule has 0 saturated carbocycles. The summed E-state index contributed by atoms with van der Waals surface area (Å²) in [6.45, 7) is 2.76. The van der Waals surface area contributed by atoms with Crippen LogP contribution in [-0.4, -0.2) is 18.5 Å². The van der Waals surface area contributed by atoms with Crippen LogP contribution >= 0.6 is 24.0 Å². The van der Waals surface area contributed by atoms with Crippen molar-refractivity contribution in [1.82, 2.24) is 5.32 Å². The molecule has 1 unspecified atom stereocenters. The summed E-state index contributed by atoms with van der Waals surface area (Å²) in [5, 5.41) is 3.50. The number of benzene rings is 2. The van der Waals surface area contributed by atoms with Crippen molar-refractivity contribution in [2.75, 3.05) is 6.54 Å². The maximum atomic E-state index is 12.3. The number of ether oxygens (including phenoxy) is 1. The van der Waals surface area contributed by atoms with E-state index < -0.39 is 0 Å². The Bertz CT molecular complexity index is 663. The van der Waals surface area contributed by atoms with Gasteiger partial charge < -0.3 is 15.8 Å². The zero-order valence-electron chi connectivity index (χ0n) is 13.5. The Balaban J connectivity index is 0.00000288. The average molecular weight is 369 g/mol. The first-order chi connectivity index (χ1) is 11.1. The highest BCUT2D eigenvalue weighted by Crippen LogP contribution is 2.22. The van der Waals surface area contributed by atoms with Crippen LogP contribution in [0.25, 0.3) is 0 Å². The molecule has 0 radical (unpaired) electrons. The van der Waals surface area contributed by atoms with E-state index in [2.05, 4.69) is 5.32 Å². The maximum absolute atomic E-state index is 12.3. The third-order valence-electron chi connectivity index (χ3n) is 3.36. The molecule has 0 aromatic heterocycles. The Hall–Kier alpha value is -1.75. The lowest BCUT2D eigenvalue weighted by Gasteiger charge is -2.13. The van der Waals surface area contributed by atoms with Crippen LogP contribution in [0.15, 0.2) is 48.5 Å². The van der Waals surface area contributed by atoms with Gasteiger partial charge in [-0.05, 0) is 31.5 Å². The van der Waals surface area contributed by atoms with E-state index in [1.54, 1.807) is 12.1 Å². The summed E-state index contributed by atoms with van der Waals surface area (Å²) in [5.74, 6) is 0.367. The summed E-state index contributed by atoms with van der Waals surface area (Å²) in [5.41, 5.74) is 7.07. The van der Waals surface area contributed by atoms with Crippen LogP contribution in [0, 0.1) is 0 Å². The van der Waals surface area contributed by atoms with Crippen molar-refractivity contribution >= 4 is 29.9 Å². The molecule has 0 aliphatic heterocycles. The van der Waals surface area contributed by atoms with Gasteiger partial charge in [0.25, 0.3) is 5.91 Å². The predicted octanol–water partition coefficient (Wildman–Crippen LogP) is 3.81. The minimum Gasteiger partial charge on any atom is -0.488 e. The summed E-state index contributed by atoms with van der Waals surface area (Å²) >= 11 is 6.12. The molecule has 2 aromatic rings. The molecule has 6 heteroatoms. The standard InChI is InChI=1S/C18H21ClN2O2.ClH/c1-13(20)10-11-21-18(22)15-7-3-5-9-17(15)23-12-14-6-2-4-8-16(14)19;/h2-9,13H,10-12,20H2,1H3,(H,21,22);1H. The van der Waals surface area contributed by atoms with E-state index in [0.29, 0.717) is 29.5 Å². The zero-order chi connectivity index (χ0) is 16.7. The second-order valence-electron chi connectivity index (χ2n) is 5.40. The summed E-state index contributed by atoms with van der Waals surface area (Å²) in [6.07, 6.45) is 0.731. The number of rotatable bonds is 7. The van der Waals surface area contributed by atoms with Gasteiger partial charge in [0.05, 0.1) is 5.56 Å². The third kappa shape index (κ3) is 6.04. The largest absolute Gasteiger partial charge is 0.488 e. The second-order valence-corrected chi connectivity index (χ2v) is 5.81. The molecule has 4 nitrogen and oxygen atoms in total. The highest BCUT2D eigenvalue weighted by molar-refractivity contribution is 6.31. The molecular formula is C18H22Cl2N2O2. The monoisotopic (exact) mass is 368 g/mol. The van der Waals surface area contributed by atoms with Crippen LogP contribution in [0.2, 0.25) is 5.02 Å². The van der Waals surface area contributed by atoms with E-state index in [9.17, 15) is 4.79 Å². The van der Waals surface area contributed by atoms with Crippen molar-refractivity contribution in [3.63, 3.8) is 0 Å². The number of para-hydroxylation sites is 1. The molecule has 0 saturated heterocycles. The number of halogens is 2. The van der Waals surface area contributed by atoms with Gasteiger partial charge >= 0.3 is 0 Å². The SMILES string of the molecule is CC(N)CCNC(=O)c1ccccc1OCc1ccccc1Cl.Cl. The van der Waals surface area contributed by atoms with Crippen molar-refractivity contribution in [3.05, 3.63) is 64.7 Å². The van der Waals surface area contributed by atoms with E-state index in [1.807, 2.05) is 43.3 Å². The maximum Gasteiger partial charge on any atom is 0.255 e. The van der Waals surface area contributed by atoms with Crippen molar-refractivity contribution < 1.29 is 9.53 Å². The normalized spacial score (nSPS) is 11.3. The molecule has 0 aliphatic carbocycles. The van der Waals surface area contributed by atoms with Crippen molar-refractivity contribution in [1.29, 1.82) is 0 Å². The fourth-order valence-electron chi connectivity index (χ4n) is 2.06. The second kappa shape index (κ2) is 10.2. The van der Waals surface area contributed by atoms with Gasteiger partial charge in [-0.2, -0.15) is 0 Å². The van der Waals surface area contributed by atoms with Gasteiger partial charge in [0.15, 0.2) is 0 Å². The lowest BCUT2D eigenvalue weighted by molar-refractivity contribution is 0.0948. The quantitative estimate of drug-likeness (QED) is 0.780.